The Morgan fingerprint density at radius 1 is 1.14 bits per heavy atom. The molecule has 0 fully saturated rings. The average molecular weight is 285 g/mol. The number of phenolic OH excluding ortho intramolecular Hbond substituents is 1. The highest BCUT2D eigenvalue weighted by Crippen LogP contribution is 2.36. The van der Waals surface area contributed by atoms with Gasteiger partial charge in [-0.3, -0.25) is 0 Å². The first-order valence-electron chi connectivity index (χ1n) is 7.46. The summed E-state index contributed by atoms with van der Waals surface area (Å²) >= 11 is 0. The van der Waals surface area contributed by atoms with Crippen molar-refractivity contribution >= 4 is 5.69 Å². The molecule has 0 saturated carbocycles. The van der Waals surface area contributed by atoms with Crippen molar-refractivity contribution in [1.82, 2.24) is 0 Å². The minimum atomic E-state index is 0.159. The molecular formula is C18H23NO2. The van der Waals surface area contributed by atoms with Crippen molar-refractivity contribution in [2.24, 2.45) is 0 Å². The lowest BCUT2D eigenvalue weighted by Crippen LogP contribution is -1.95. The Morgan fingerprint density at radius 3 is 2.62 bits per heavy atom. The van der Waals surface area contributed by atoms with Crippen LogP contribution in [-0.4, -0.2) is 5.11 Å². The SMILES string of the molecule is CCCCCc1ccc(Oc2c(C)cccc2N)c(O)c1. The molecule has 3 nitrogen and oxygen atoms in total. The summed E-state index contributed by atoms with van der Waals surface area (Å²) in [7, 11) is 0. The molecular weight excluding hydrogens is 262 g/mol. The van der Waals surface area contributed by atoms with Gasteiger partial charge in [0, 0.05) is 0 Å². The Bertz CT molecular complexity index is 588. The first-order valence-corrected chi connectivity index (χ1v) is 7.46. The fraction of sp³-hybridized carbons (Fsp3) is 0.333. The number of nitrogens with two attached hydrogens (primary N) is 1. The summed E-state index contributed by atoms with van der Waals surface area (Å²) < 4.78 is 5.78. The fourth-order valence-electron chi connectivity index (χ4n) is 2.31. The molecule has 2 rings (SSSR count). The van der Waals surface area contributed by atoms with E-state index in [0.29, 0.717) is 17.2 Å². The number of benzene rings is 2. The zero-order valence-electron chi connectivity index (χ0n) is 12.7. The lowest BCUT2D eigenvalue weighted by molar-refractivity contribution is 0.410. The first-order chi connectivity index (χ1) is 10.1. The Balaban J connectivity index is 2.14. The van der Waals surface area contributed by atoms with Gasteiger partial charge in [-0.2, -0.15) is 0 Å². The van der Waals surface area contributed by atoms with Crippen LogP contribution < -0.4 is 10.5 Å². The van der Waals surface area contributed by atoms with Crippen LogP contribution in [0.15, 0.2) is 36.4 Å². The summed E-state index contributed by atoms with van der Waals surface area (Å²) in [4.78, 5) is 0. The second-order valence-corrected chi connectivity index (χ2v) is 5.35. The van der Waals surface area contributed by atoms with Gasteiger partial charge in [0.15, 0.2) is 17.2 Å². The van der Waals surface area contributed by atoms with Crippen molar-refractivity contribution in [1.29, 1.82) is 0 Å². The molecule has 0 aromatic heterocycles. The molecule has 21 heavy (non-hydrogen) atoms. The predicted molar refractivity (Wildman–Crippen MR) is 87.0 cm³/mol. The van der Waals surface area contributed by atoms with Gasteiger partial charge in [0.25, 0.3) is 0 Å². The number of unbranched alkanes of at least 4 members (excludes halogenated alkanes) is 2. The van der Waals surface area contributed by atoms with E-state index >= 15 is 0 Å². The lowest BCUT2D eigenvalue weighted by Gasteiger charge is -2.13. The van der Waals surface area contributed by atoms with Gasteiger partial charge in [0.05, 0.1) is 5.69 Å². The number of anilines is 1. The van der Waals surface area contributed by atoms with E-state index in [2.05, 4.69) is 6.92 Å². The molecule has 2 aromatic carbocycles. The minimum absolute atomic E-state index is 0.159. The maximum Gasteiger partial charge on any atom is 0.169 e. The molecule has 0 aliphatic heterocycles. The van der Waals surface area contributed by atoms with E-state index in [4.69, 9.17) is 10.5 Å². The van der Waals surface area contributed by atoms with E-state index < -0.39 is 0 Å². The van der Waals surface area contributed by atoms with Gasteiger partial charge in [-0.05, 0) is 49.1 Å². The third kappa shape index (κ3) is 3.91. The number of rotatable bonds is 6. The molecule has 3 N–H and O–H groups in total. The number of hydrogen-bond donors (Lipinski definition) is 2. The van der Waals surface area contributed by atoms with Gasteiger partial charge < -0.3 is 15.6 Å². The summed E-state index contributed by atoms with van der Waals surface area (Å²) in [5.41, 5.74) is 8.57. The lowest BCUT2D eigenvalue weighted by atomic mass is 10.1. The minimum Gasteiger partial charge on any atom is -0.504 e. The maximum absolute atomic E-state index is 10.1. The number of hydrogen-bond acceptors (Lipinski definition) is 3. The van der Waals surface area contributed by atoms with Crippen LogP contribution in [0.1, 0.15) is 37.3 Å². The highest BCUT2D eigenvalue weighted by molar-refractivity contribution is 5.58. The van der Waals surface area contributed by atoms with Crippen LogP contribution >= 0.6 is 0 Å². The number of ether oxygens (including phenoxy) is 1. The summed E-state index contributed by atoms with van der Waals surface area (Å²) in [6, 6.07) is 11.2. The topological polar surface area (TPSA) is 55.5 Å². The molecule has 0 saturated heterocycles. The van der Waals surface area contributed by atoms with Gasteiger partial charge in [-0.1, -0.05) is 38.0 Å². The van der Waals surface area contributed by atoms with E-state index in [1.54, 1.807) is 12.1 Å². The summed E-state index contributed by atoms with van der Waals surface area (Å²) in [6.45, 7) is 4.11. The second-order valence-electron chi connectivity index (χ2n) is 5.35. The van der Waals surface area contributed by atoms with Crippen molar-refractivity contribution in [2.45, 2.75) is 39.5 Å². The Hall–Kier alpha value is -2.16. The number of aromatic hydroxyl groups is 1. The third-order valence-electron chi connectivity index (χ3n) is 3.55. The average Bonchev–Trinajstić information content (AvgIpc) is 2.45. The van der Waals surface area contributed by atoms with Crippen LogP contribution in [0.2, 0.25) is 0 Å². The zero-order valence-corrected chi connectivity index (χ0v) is 12.7. The largest absolute Gasteiger partial charge is 0.504 e. The van der Waals surface area contributed by atoms with E-state index in [9.17, 15) is 5.11 Å². The van der Waals surface area contributed by atoms with Gasteiger partial charge >= 0.3 is 0 Å². The normalized spacial score (nSPS) is 10.6. The monoisotopic (exact) mass is 285 g/mol. The van der Waals surface area contributed by atoms with Crippen LogP contribution in [0, 0.1) is 6.92 Å². The zero-order chi connectivity index (χ0) is 15.2. The summed E-state index contributed by atoms with van der Waals surface area (Å²) in [6.07, 6.45) is 4.52. The van der Waals surface area contributed by atoms with Gasteiger partial charge in [-0.25, -0.2) is 0 Å². The molecule has 3 heteroatoms. The number of aryl methyl sites for hydroxylation is 2. The highest BCUT2D eigenvalue weighted by Gasteiger charge is 2.09. The predicted octanol–water partition coefficient (Wildman–Crippen LogP) is 4.81. The van der Waals surface area contributed by atoms with Crippen molar-refractivity contribution in [2.75, 3.05) is 5.73 Å². The van der Waals surface area contributed by atoms with Crippen molar-refractivity contribution < 1.29 is 9.84 Å². The molecule has 0 aliphatic carbocycles. The molecule has 0 spiro atoms. The first kappa shape index (κ1) is 15.2. The van der Waals surface area contributed by atoms with Gasteiger partial charge in [0.1, 0.15) is 0 Å². The van der Waals surface area contributed by atoms with E-state index in [1.165, 1.54) is 12.8 Å². The molecule has 0 bridgehead atoms. The molecule has 0 aliphatic rings. The smallest absolute Gasteiger partial charge is 0.169 e. The standard InChI is InChI=1S/C18H23NO2/c1-3-4-5-8-14-10-11-17(16(20)12-14)21-18-13(2)7-6-9-15(18)19/h6-7,9-12,20H,3-5,8,19H2,1-2H3. The molecule has 2 aromatic rings. The number of phenols is 1. The van der Waals surface area contributed by atoms with E-state index in [0.717, 1.165) is 24.0 Å². The highest BCUT2D eigenvalue weighted by atomic mass is 16.5. The quantitative estimate of drug-likeness (QED) is 0.591. The number of nitrogen functional groups attached to an aromatic ring is 1. The van der Waals surface area contributed by atoms with Crippen molar-refractivity contribution in [3.63, 3.8) is 0 Å². The molecule has 0 atom stereocenters. The van der Waals surface area contributed by atoms with Crippen LogP contribution in [0.3, 0.4) is 0 Å². The van der Waals surface area contributed by atoms with E-state index in [1.807, 2.05) is 31.2 Å². The van der Waals surface area contributed by atoms with Crippen molar-refractivity contribution in [3.05, 3.63) is 47.5 Å². The maximum atomic E-state index is 10.1. The number of para-hydroxylation sites is 1. The molecule has 0 heterocycles. The second kappa shape index (κ2) is 7.02. The van der Waals surface area contributed by atoms with Crippen LogP contribution in [0.4, 0.5) is 5.69 Å². The summed E-state index contributed by atoms with van der Waals surface area (Å²) in [5, 5.41) is 10.1. The third-order valence-corrected chi connectivity index (χ3v) is 3.55. The Labute approximate surface area is 126 Å². The molecule has 0 unspecified atom stereocenters. The Kier molecular flexibility index (Phi) is 5.09. The molecule has 0 radical (unpaired) electrons. The van der Waals surface area contributed by atoms with Gasteiger partial charge in [0.2, 0.25) is 0 Å². The molecule has 112 valence electrons. The van der Waals surface area contributed by atoms with Crippen LogP contribution in [0.25, 0.3) is 0 Å². The molecule has 0 amide bonds. The Morgan fingerprint density at radius 2 is 1.95 bits per heavy atom. The fourth-order valence-corrected chi connectivity index (χ4v) is 2.31. The summed E-state index contributed by atoms with van der Waals surface area (Å²) in [5.74, 6) is 1.20. The van der Waals surface area contributed by atoms with Crippen LogP contribution in [0.5, 0.6) is 17.2 Å². The van der Waals surface area contributed by atoms with Crippen molar-refractivity contribution in [3.8, 4) is 17.2 Å². The van der Waals surface area contributed by atoms with Gasteiger partial charge in [-0.15, -0.1) is 0 Å². The van der Waals surface area contributed by atoms with Crippen LogP contribution in [-0.2, 0) is 6.42 Å². The van der Waals surface area contributed by atoms with E-state index in [-0.39, 0.29) is 5.75 Å².